The number of esters is 1. The lowest BCUT2D eigenvalue weighted by Crippen LogP contribution is -2.33. The van der Waals surface area contributed by atoms with Gasteiger partial charge in [0.2, 0.25) is 0 Å². The Balaban J connectivity index is 3.84. The maximum atomic E-state index is 11.4. The van der Waals surface area contributed by atoms with Crippen LogP contribution in [0.15, 0.2) is 0 Å². The molecule has 0 saturated carbocycles. The van der Waals surface area contributed by atoms with Gasteiger partial charge in [0.05, 0.1) is 6.61 Å². The van der Waals surface area contributed by atoms with Gasteiger partial charge in [-0.1, -0.05) is 0 Å². The van der Waals surface area contributed by atoms with Crippen LogP contribution in [0.5, 0.6) is 0 Å². The van der Waals surface area contributed by atoms with Gasteiger partial charge in [0.25, 0.3) is 0 Å². The number of alkyl halides is 1. The second-order valence-corrected chi connectivity index (χ2v) is 4.30. The van der Waals surface area contributed by atoms with Crippen LogP contribution in [0, 0.1) is 0 Å². The number of halogens is 1. The maximum Gasteiger partial charge on any atom is 0.344 e. The van der Waals surface area contributed by atoms with Crippen molar-refractivity contribution < 1.29 is 24.2 Å². The van der Waals surface area contributed by atoms with E-state index in [1.807, 2.05) is 11.9 Å². The predicted octanol–water partition coefficient (Wildman–Crippen LogP) is 0.578. The zero-order valence-electron chi connectivity index (χ0n) is 10.9. The second kappa shape index (κ2) is 9.13. The van der Waals surface area contributed by atoms with Gasteiger partial charge in [0.1, 0.15) is 0 Å². The Hall–Kier alpha value is -0.850. The van der Waals surface area contributed by atoms with Crippen molar-refractivity contribution >= 4 is 23.5 Å². The Morgan fingerprint density at radius 2 is 1.89 bits per heavy atom. The van der Waals surface area contributed by atoms with E-state index in [-0.39, 0.29) is 0 Å². The van der Waals surface area contributed by atoms with E-state index in [0.29, 0.717) is 19.0 Å². The van der Waals surface area contributed by atoms with Crippen molar-refractivity contribution in [1.82, 2.24) is 4.90 Å². The highest BCUT2D eigenvalue weighted by molar-refractivity contribution is 6.18. The zero-order chi connectivity index (χ0) is 14.1. The SMILES string of the molecule is CC(OC(=O)C(C)OCCN(C)CCCl)C(=O)O. The Bertz CT molecular complexity index is 274. The summed E-state index contributed by atoms with van der Waals surface area (Å²) < 4.78 is 9.93. The lowest BCUT2D eigenvalue weighted by Gasteiger charge is -2.18. The van der Waals surface area contributed by atoms with Gasteiger partial charge in [0.15, 0.2) is 12.2 Å². The number of hydrogen-bond acceptors (Lipinski definition) is 5. The van der Waals surface area contributed by atoms with E-state index < -0.39 is 24.1 Å². The number of ether oxygens (including phenoxy) is 2. The van der Waals surface area contributed by atoms with E-state index in [2.05, 4.69) is 4.74 Å². The lowest BCUT2D eigenvalue weighted by atomic mass is 10.4. The molecule has 2 atom stereocenters. The zero-order valence-corrected chi connectivity index (χ0v) is 11.6. The normalized spacial score (nSPS) is 14.3. The Morgan fingerprint density at radius 1 is 1.28 bits per heavy atom. The molecule has 0 bridgehead atoms. The molecule has 0 aromatic rings. The number of likely N-dealkylation sites (N-methyl/N-ethyl adjacent to an activating group) is 1. The largest absolute Gasteiger partial charge is 0.479 e. The van der Waals surface area contributed by atoms with Crippen molar-refractivity contribution in [3.8, 4) is 0 Å². The topological polar surface area (TPSA) is 76.1 Å². The number of nitrogens with zero attached hydrogens (tertiary/aromatic N) is 1. The Labute approximate surface area is 112 Å². The minimum Gasteiger partial charge on any atom is -0.479 e. The molecular formula is C11H20ClNO5. The van der Waals surface area contributed by atoms with Crippen molar-refractivity contribution in [3.05, 3.63) is 0 Å². The standard InChI is InChI=1S/C11H20ClNO5/c1-8(10(14)15)18-11(16)9(2)17-7-6-13(3)5-4-12/h8-9H,4-7H2,1-3H3,(H,14,15). The Morgan fingerprint density at radius 3 is 2.39 bits per heavy atom. The van der Waals surface area contributed by atoms with E-state index in [4.69, 9.17) is 21.4 Å². The molecule has 0 amide bonds. The van der Waals surface area contributed by atoms with Crippen LogP contribution < -0.4 is 0 Å². The van der Waals surface area contributed by atoms with E-state index in [9.17, 15) is 9.59 Å². The number of carboxylic acids is 1. The highest BCUT2D eigenvalue weighted by atomic mass is 35.5. The molecule has 0 rings (SSSR count). The highest BCUT2D eigenvalue weighted by Crippen LogP contribution is 2.00. The quantitative estimate of drug-likeness (QED) is 0.492. The third-order valence-electron chi connectivity index (χ3n) is 2.28. The summed E-state index contributed by atoms with van der Waals surface area (Å²) in [7, 11) is 1.89. The van der Waals surface area contributed by atoms with Gasteiger partial charge in [-0.15, -0.1) is 11.6 Å². The highest BCUT2D eigenvalue weighted by Gasteiger charge is 2.21. The molecule has 0 radical (unpaired) electrons. The number of rotatable bonds is 9. The van der Waals surface area contributed by atoms with Gasteiger partial charge in [-0.2, -0.15) is 0 Å². The van der Waals surface area contributed by atoms with E-state index >= 15 is 0 Å². The van der Waals surface area contributed by atoms with Crippen LogP contribution in [-0.2, 0) is 19.1 Å². The molecule has 2 unspecified atom stereocenters. The van der Waals surface area contributed by atoms with Crippen LogP contribution in [0.25, 0.3) is 0 Å². The van der Waals surface area contributed by atoms with Crippen LogP contribution in [0.4, 0.5) is 0 Å². The van der Waals surface area contributed by atoms with Crippen molar-refractivity contribution in [1.29, 1.82) is 0 Å². The third kappa shape index (κ3) is 7.47. The van der Waals surface area contributed by atoms with E-state index in [1.165, 1.54) is 13.8 Å². The minimum atomic E-state index is -1.18. The fourth-order valence-electron chi connectivity index (χ4n) is 1.03. The Kier molecular flexibility index (Phi) is 8.70. The van der Waals surface area contributed by atoms with Crippen LogP contribution in [0.3, 0.4) is 0 Å². The minimum absolute atomic E-state index is 0.352. The third-order valence-corrected chi connectivity index (χ3v) is 2.45. The summed E-state index contributed by atoms with van der Waals surface area (Å²) in [6, 6.07) is 0. The fourth-order valence-corrected chi connectivity index (χ4v) is 1.32. The molecule has 0 aliphatic rings. The molecular weight excluding hydrogens is 262 g/mol. The summed E-state index contributed by atoms with van der Waals surface area (Å²) in [5, 5.41) is 8.58. The summed E-state index contributed by atoms with van der Waals surface area (Å²) >= 11 is 5.56. The average Bonchev–Trinajstić information content (AvgIpc) is 2.28. The van der Waals surface area contributed by atoms with Crippen LogP contribution in [0.1, 0.15) is 13.8 Å². The molecule has 0 heterocycles. The predicted molar refractivity (Wildman–Crippen MR) is 66.8 cm³/mol. The molecule has 0 aromatic heterocycles. The molecule has 6 nitrogen and oxygen atoms in total. The molecule has 0 fully saturated rings. The van der Waals surface area contributed by atoms with E-state index in [1.54, 1.807) is 0 Å². The fraction of sp³-hybridized carbons (Fsp3) is 0.818. The summed E-state index contributed by atoms with van der Waals surface area (Å²) in [5.74, 6) is -1.33. The molecule has 0 spiro atoms. The van der Waals surface area contributed by atoms with Gasteiger partial charge >= 0.3 is 11.9 Å². The number of carbonyl (C=O) groups excluding carboxylic acids is 1. The first-order valence-electron chi connectivity index (χ1n) is 5.68. The molecule has 106 valence electrons. The second-order valence-electron chi connectivity index (χ2n) is 3.92. The van der Waals surface area contributed by atoms with Gasteiger partial charge in [-0.05, 0) is 20.9 Å². The number of aliphatic carboxylic acids is 1. The number of hydrogen-bond donors (Lipinski definition) is 1. The first kappa shape index (κ1) is 17.2. The smallest absolute Gasteiger partial charge is 0.344 e. The molecule has 0 aliphatic heterocycles. The van der Waals surface area contributed by atoms with Crippen LogP contribution >= 0.6 is 11.6 Å². The van der Waals surface area contributed by atoms with Gasteiger partial charge in [0, 0.05) is 19.0 Å². The monoisotopic (exact) mass is 281 g/mol. The van der Waals surface area contributed by atoms with Crippen molar-refractivity contribution in [2.45, 2.75) is 26.1 Å². The van der Waals surface area contributed by atoms with Crippen molar-refractivity contribution in [3.63, 3.8) is 0 Å². The van der Waals surface area contributed by atoms with Gasteiger partial charge in [-0.3, -0.25) is 0 Å². The number of carboxylic acid groups (broad SMARTS) is 1. The summed E-state index contributed by atoms with van der Waals surface area (Å²) in [4.78, 5) is 23.9. The maximum absolute atomic E-state index is 11.4. The molecule has 7 heteroatoms. The van der Waals surface area contributed by atoms with E-state index in [0.717, 1.165) is 6.54 Å². The summed E-state index contributed by atoms with van der Waals surface area (Å²) in [6.45, 7) is 4.55. The number of carbonyl (C=O) groups is 2. The van der Waals surface area contributed by atoms with Crippen LogP contribution in [-0.4, -0.2) is 66.8 Å². The van der Waals surface area contributed by atoms with Crippen LogP contribution in [0.2, 0.25) is 0 Å². The first-order valence-corrected chi connectivity index (χ1v) is 6.21. The van der Waals surface area contributed by atoms with Gasteiger partial charge in [-0.25, -0.2) is 9.59 Å². The summed E-state index contributed by atoms with van der Waals surface area (Å²) in [6.07, 6.45) is -1.95. The first-order chi connectivity index (χ1) is 8.38. The van der Waals surface area contributed by atoms with Crippen molar-refractivity contribution in [2.75, 3.05) is 32.6 Å². The lowest BCUT2D eigenvalue weighted by molar-refractivity contribution is -0.170. The van der Waals surface area contributed by atoms with Gasteiger partial charge < -0.3 is 19.5 Å². The molecule has 0 aliphatic carbocycles. The average molecular weight is 282 g/mol. The molecule has 1 N–H and O–H groups in total. The molecule has 0 aromatic carbocycles. The molecule has 18 heavy (non-hydrogen) atoms. The molecule has 0 saturated heterocycles. The van der Waals surface area contributed by atoms with Crippen molar-refractivity contribution in [2.24, 2.45) is 0 Å². The summed E-state index contributed by atoms with van der Waals surface area (Å²) in [5.41, 5.74) is 0.